The van der Waals surface area contributed by atoms with Gasteiger partial charge in [0.05, 0.1) is 18.4 Å². The first-order chi connectivity index (χ1) is 10.6. The molecule has 2 aromatic rings. The van der Waals surface area contributed by atoms with Crippen LogP contribution in [0.15, 0.2) is 54.6 Å². The Morgan fingerprint density at radius 1 is 1.00 bits per heavy atom. The van der Waals surface area contributed by atoms with Gasteiger partial charge in [-0.25, -0.2) is 0 Å². The Kier molecular flexibility index (Phi) is 5.44. The molecular formula is C18H19NO3. The Morgan fingerprint density at radius 3 is 2.27 bits per heavy atom. The van der Waals surface area contributed by atoms with Gasteiger partial charge in [0.1, 0.15) is 0 Å². The second-order valence-electron chi connectivity index (χ2n) is 5.14. The molecule has 0 aliphatic carbocycles. The quantitative estimate of drug-likeness (QED) is 0.609. The topological polar surface area (TPSA) is 84.8 Å². The molecular weight excluding hydrogens is 278 g/mol. The van der Waals surface area contributed by atoms with Gasteiger partial charge in [-0.1, -0.05) is 54.6 Å². The third-order valence-corrected chi connectivity index (χ3v) is 3.62. The molecule has 0 saturated carbocycles. The molecule has 0 aliphatic heterocycles. The fraction of sp³-hybridized carbons (Fsp3) is 0.222. The molecule has 0 unspecified atom stereocenters. The lowest BCUT2D eigenvalue weighted by Gasteiger charge is -2.18. The van der Waals surface area contributed by atoms with Crippen LogP contribution in [-0.4, -0.2) is 18.3 Å². The number of carbonyl (C=O) groups is 2. The molecule has 0 spiro atoms. The van der Waals surface area contributed by atoms with Crippen LogP contribution in [0.4, 0.5) is 0 Å². The molecule has 0 aliphatic rings. The number of aliphatic carboxylic acids is 1. The van der Waals surface area contributed by atoms with Crippen LogP contribution in [0.3, 0.4) is 0 Å². The van der Waals surface area contributed by atoms with E-state index in [9.17, 15) is 14.7 Å². The summed E-state index contributed by atoms with van der Waals surface area (Å²) in [6.45, 7) is 0.595. The molecule has 0 amide bonds. The summed E-state index contributed by atoms with van der Waals surface area (Å²) in [4.78, 5) is 24.0. The lowest BCUT2D eigenvalue weighted by Crippen LogP contribution is -2.50. The summed E-state index contributed by atoms with van der Waals surface area (Å²) in [6.07, 6.45) is 0.839. The number of carbonyl (C=O) groups excluding carboxylic acids is 2. The van der Waals surface area contributed by atoms with Gasteiger partial charge in [-0.05, 0) is 24.0 Å². The number of hydrogen-bond donors (Lipinski definition) is 1. The first-order valence-electron chi connectivity index (χ1n) is 7.34. The van der Waals surface area contributed by atoms with Crippen molar-refractivity contribution in [3.63, 3.8) is 0 Å². The normalized spacial score (nSPS) is 11.9. The third kappa shape index (κ3) is 3.59. The molecule has 2 aromatic carbocycles. The van der Waals surface area contributed by atoms with Crippen LogP contribution >= 0.6 is 0 Å². The van der Waals surface area contributed by atoms with Crippen molar-refractivity contribution < 1.29 is 20.4 Å². The van der Waals surface area contributed by atoms with E-state index in [4.69, 9.17) is 0 Å². The van der Waals surface area contributed by atoms with E-state index in [1.165, 1.54) is 0 Å². The molecule has 114 valence electrons. The summed E-state index contributed by atoms with van der Waals surface area (Å²) < 4.78 is 0. The monoisotopic (exact) mass is 297 g/mol. The molecule has 0 bridgehead atoms. The number of quaternary nitrogens is 1. The summed E-state index contributed by atoms with van der Waals surface area (Å²) in [5, 5.41) is 11.3. The van der Waals surface area contributed by atoms with Crippen molar-refractivity contribution in [1.29, 1.82) is 0 Å². The predicted molar refractivity (Wildman–Crippen MR) is 81.7 cm³/mol. The Morgan fingerprint density at radius 2 is 1.64 bits per heavy atom. The highest BCUT2D eigenvalue weighted by atomic mass is 16.4. The number of ketones is 1. The van der Waals surface area contributed by atoms with Crippen LogP contribution in [0.25, 0.3) is 11.1 Å². The van der Waals surface area contributed by atoms with Gasteiger partial charge >= 0.3 is 0 Å². The van der Waals surface area contributed by atoms with E-state index in [0.717, 1.165) is 11.1 Å². The number of rotatable bonds is 7. The van der Waals surface area contributed by atoms with Crippen LogP contribution in [0, 0.1) is 5.92 Å². The van der Waals surface area contributed by atoms with Crippen LogP contribution in [0.2, 0.25) is 0 Å². The van der Waals surface area contributed by atoms with Crippen molar-refractivity contribution in [3.8, 4) is 11.1 Å². The van der Waals surface area contributed by atoms with Crippen molar-refractivity contribution in [2.45, 2.75) is 12.8 Å². The number of carboxylic acids is 1. The standard InChI is InChI=1S/C18H19NO3/c19-12-6-11-16(18(21)22)17(20)15-10-5-4-9-14(15)13-7-2-1-3-8-13/h1-5,7-10,16H,6,11-12,19H2,(H,21,22)/t16-/m0/s1. The molecule has 0 fully saturated rings. The van der Waals surface area contributed by atoms with E-state index < -0.39 is 17.7 Å². The van der Waals surface area contributed by atoms with Gasteiger partial charge in [0.2, 0.25) is 0 Å². The molecule has 1 atom stereocenters. The minimum absolute atomic E-state index is 0.258. The van der Waals surface area contributed by atoms with Crippen LogP contribution in [-0.2, 0) is 4.79 Å². The maximum Gasteiger partial charge on any atom is 0.172 e. The van der Waals surface area contributed by atoms with Gasteiger partial charge in [0, 0.05) is 5.56 Å². The minimum Gasteiger partial charge on any atom is -0.549 e. The van der Waals surface area contributed by atoms with Gasteiger partial charge in [0.15, 0.2) is 5.78 Å². The van der Waals surface area contributed by atoms with Gasteiger partial charge in [-0.3, -0.25) is 4.79 Å². The third-order valence-electron chi connectivity index (χ3n) is 3.62. The molecule has 0 radical (unpaired) electrons. The Labute approximate surface area is 129 Å². The molecule has 3 N–H and O–H groups in total. The average molecular weight is 297 g/mol. The first kappa shape index (κ1) is 15.9. The molecule has 0 heterocycles. The molecule has 22 heavy (non-hydrogen) atoms. The second-order valence-corrected chi connectivity index (χ2v) is 5.14. The van der Waals surface area contributed by atoms with E-state index in [0.29, 0.717) is 18.5 Å². The zero-order chi connectivity index (χ0) is 15.9. The number of benzene rings is 2. The summed E-state index contributed by atoms with van der Waals surface area (Å²) in [6, 6.07) is 16.5. The second kappa shape index (κ2) is 7.52. The van der Waals surface area contributed by atoms with Crippen LogP contribution < -0.4 is 10.8 Å². The molecule has 0 saturated heterocycles. The SMILES string of the molecule is [NH3+]CCC[C@H](C(=O)[O-])C(=O)c1ccccc1-c1ccccc1. The molecule has 4 heteroatoms. The van der Waals surface area contributed by atoms with Crippen molar-refractivity contribution >= 4 is 11.8 Å². The van der Waals surface area contributed by atoms with E-state index in [2.05, 4.69) is 5.73 Å². The highest BCUT2D eigenvalue weighted by Gasteiger charge is 2.23. The summed E-state index contributed by atoms with van der Waals surface area (Å²) in [7, 11) is 0. The summed E-state index contributed by atoms with van der Waals surface area (Å²) in [5.74, 6) is -2.83. The maximum atomic E-state index is 12.6. The van der Waals surface area contributed by atoms with E-state index in [1.54, 1.807) is 12.1 Å². The lowest BCUT2D eigenvalue weighted by atomic mass is 9.88. The predicted octanol–water partition coefficient (Wildman–Crippen LogP) is 0.925. The van der Waals surface area contributed by atoms with Crippen LogP contribution in [0.1, 0.15) is 23.2 Å². The largest absolute Gasteiger partial charge is 0.549 e. The van der Waals surface area contributed by atoms with Crippen molar-refractivity contribution in [2.24, 2.45) is 5.92 Å². The average Bonchev–Trinajstić information content (AvgIpc) is 2.55. The first-order valence-corrected chi connectivity index (χ1v) is 7.34. The van der Waals surface area contributed by atoms with Crippen molar-refractivity contribution in [2.75, 3.05) is 6.54 Å². The number of Topliss-reactive ketones (excluding diaryl/α,β-unsaturated/α-hetero) is 1. The van der Waals surface area contributed by atoms with Gasteiger partial charge < -0.3 is 15.6 Å². The molecule has 0 aromatic heterocycles. The van der Waals surface area contributed by atoms with Crippen molar-refractivity contribution in [1.82, 2.24) is 0 Å². The number of carboxylic acid groups (broad SMARTS) is 1. The van der Waals surface area contributed by atoms with E-state index in [-0.39, 0.29) is 6.42 Å². The summed E-state index contributed by atoms with van der Waals surface area (Å²) >= 11 is 0. The summed E-state index contributed by atoms with van der Waals surface area (Å²) in [5.41, 5.74) is 5.75. The van der Waals surface area contributed by atoms with Gasteiger partial charge in [-0.2, -0.15) is 0 Å². The Hall–Kier alpha value is -2.46. The Bertz CT molecular complexity index is 652. The fourth-order valence-corrected chi connectivity index (χ4v) is 2.46. The van der Waals surface area contributed by atoms with Gasteiger partial charge in [0.25, 0.3) is 0 Å². The van der Waals surface area contributed by atoms with Crippen molar-refractivity contribution in [3.05, 3.63) is 60.2 Å². The molecule has 4 nitrogen and oxygen atoms in total. The zero-order valence-corrected chi connectivity index (χ0v) is 12.3. The highest BCUT2D eigenvalue weighted by Crippen LogP contribution is 2.26. The minimum atomic E-state index is -1.32. The van der Waals surface area contributed by atoms with E-state index >= 15 is 0 Å². The van der Waals surface area contributed by atoms with Crippen LogP contribution in [0.5, 0.6) is 0 Å². The number of hydrogen-bond acceptors (Lipinski definition) is 3. The highest BCUT2D eigenvalue weighted by molar-refractivity contribution is 6.11. The Balaban J connectivity index is 2.39. The smallest absolute Gasteiger partial charge is 0.172 e. The van der Waals surface area contributed by atoms with Gasteiger partial charge in [-0.15, -0.1) is 0 Å². The maximum absolute atomic E-state index is 12.6. The van der Waals surface area contributed by atoms with E-state index in [1.807, 2.05) is 42.5 Å². The molecule has 2 rings (SSSR count). The zero-order valence-electron chi connectivity index (χ0n) is 12.3. The fourth-order valence-electron chi connectivity index (χ4n) is 2.46. The lowest BCUT2D eigenvalue weighted by molar-refractivity contribution is -0.368.